The first-order valence-electron chi connectivity index (χ1n) is 11.4. The summed E-state index contributed by atoms with van der Waals surface area (Å²) in [4.78, 5) is 26.9. The van der Waals surface area contributed by atoms with E-state index in [1.54, 1.807) is 12.0 Å². The Bertz CT molecular complexity index is 1090. The molecular formula is C25H33N3O5S. The maximum Gasteiger partial charge on any atom is 0.251 e. The minimum absolute atomic E-state index is 0.0354. The number of amides is 2. The minimum atomic E-state index is -3.64. The van der Waals surface area contributed by atoms with Crippen molar-refractivity contribution in [1.82, 2.24) is 14.5 Å². The number of piperidine rings is 1. The van der Waals surface area contributed by atoms with Gasteiger partial charge in [-0.05, 0) is 67.5 Å². The average molecular weight is 488 g/mol. The number of nitrogens with one attached hydrogen (secondary N) is 1. The van der Waals surface area contributed by atoms with Crippen LogP contribution in [0.25, 0.3) is 0 Å². The number of benzene rings is 2. The Balaban J connectivity index is 1.44. The lowest BCUT2D eigenvalue weighted by Gasteiger charge is -2.32. The van der Waals surface area contributed by atoms with Gasteiger partial charge in [-0.2, -0.15) is 0 Å². The fraction of sp³-hybridized carbons (Fsp3) is 0.440. The number of hydrogen-bond donors (Lipinski definition) is 1. The number of methoxy groups -OCH3 is 1. The summed E-state index contributed by atoms with van der Waals surface area (Å²) in [6, 6.07) is 13.9. The number of sulfonamides is 1. The van der Waals surface area contributed by atoms with Gasteiger partial charge in [0.15, 0.2) is 0 Å². The number of rotatable bonds is 9. The van der Waals surface area contributed by atoms with Crippen LogP contribution in [-0.2, 0) is 21.2 Å². The van der Waals surface area contributed by atoms with Gasteiger partial charge in [-0.15, -0.1) is 0 Å². The second kappa shape index (κ2) is 11.5. The van der Waals surface area contributed by atoms with E-state index < -0.39 is 15.9 Å². The van der Waals surface area contributed by atoms with Gasteiger partial charge in [0, 0.05) is 32.7 Å². The molecule has 1 saturated heterocycles. The van der Waals surface area contributed by atoms with Crippen molar-refractivity contribution in [3.8, 4) is 5.75 Å². The maximum absolute atomic E-state index is 12.6. The monoisotopic (exact) mass is 487 g/mol. The van der Waals surface area contributed by atoms with E-state index in [0.717, 1.165) is 35.7 Å². The van der Waals surface area contributed by atoms with E-state index in [0.29, 0.717) is 19.0 Å². The zero-order chi connectivity index (χ0) is 24.7. The second-order valence-corrected chi connectivity index (χ2v) is 10.9. The lowest BCUT2D eigenvalue weighted by atomic mass is 9.90. The Morgan fingerprint density at radius 3 is 2.38 bits per heavy atom. The Morgan fingerprint density at radius 1 is 1.09 bits per heavy atom. The molecule has 0 spiro atoms. The predicted octanol–water partition coefficient (Wildman–Crippen LogP) is 2.55. The van der Waals surface area contributed by atoms with Crippen molar-refractivity contribution in [1.29, 1.82) is 0 Å². The van der Waals surface area contributed by atoms with E-state index in [1.165, 1.54) is 43.9 Å². The van der Waals surface area contributed by atoms with Crippen molar-refractivity contribution in [3.63, 3.8) is 0 Å². The van der Waals surface area contributed by atoms with Gasteiger partial charge in [-0.25, -0.2) is 12.7 Å². The van der Waals surface area contributed by atoms with Crippen LogP contribution >= 0.6 is 0 Å². The molecule has 3 rings (SSSR count). The number of carbonyl (C=O) groups excluding carboxylic acids is 2. The van der Waals surface area contributed by atoms with E-state index in [4.69, 9.17) is 4.74 Å². The highest BCUT2D eigenvalue weighted by atomic mass is 32.2. The van der Waals surface area contributed by atoms with Gasteiger partial charge < -0.3 is 15.0 Å². The van der Waals surface area contributed by atoms with Crippen molar-refractivity contribution in [3.05, 3.63) is 59.7 Å². The molecule has 0 unspecified atom stereocenters. The molecule has 1 N–H and O–H groups in total. The lowest BCUT2D eigenvalue weighted by Crippen LogP contribution is -2.44. The molecule has 1 fully saturated rings. The van der Waals surface area contributed by atoms with E-state index >= 15 is 0 Å². The summed E-state index contributed by atoms with van der Waals surface area (Å²) >= 11 is 0. The molecule has 0 saturated carbocycles. The number of hydrogen-bond acceptors (Lipinski definition) is 5. The quantitative estimate of drug-likeness (QED) is 0.587. The third kappa shape index (κ3) is 6.57. The summed E-state index contributed by atoms with van der Waals surface area (Å²) in [5, 5.41) is 2.62. The van der Waals surface area contributed by atoms with E-state index in [9.17, 15) is 18.0 Å². The summed E-state index contributed by atoms with van der Waals surface area (Å²) in [6.07, 6.45) is 3.97. The first-order valence-corrected chi connectivity index (χ1v) is 12.9. The SMILES string of the molecule is COc1ccc(CCC2CCN(C(=O)CNC(=O)c3cccc(S(=O)(=O)N(C)C)c3)CC2)cc1. The number of nitrogens with zero attached hydrogens (tertiary/aromatic N) is 2. The average Bonchev–Trinajstić information content (AvgIpc) is 2.86. The largest absolute Gasteiger partial charge is 0.497 e. The minimum Gasteiger partial charge on any atom is -0.497 e. The molecule has 0 aliphatic carbocycles. The molecule has 2 aromatic carbocycles. The fourth-order valence-electron chi connectivity index (χ4n) is 4.01. The van der Waals surface area contributed by atoms with Crippen LogP contribution in [0.4, 0.5) is 0 Å². The number of aryl methyl sites for hydroxylation is 1. The summed E-state index contributed by atoms with van der Waals surface area (Å²) in [6.45, 7) is 1.25. The number of ether oxygens (including phenoxy) is 1. The van der Waals surface area contributed by atoms with Crippen molar-refractivity contribution in [2.75, 3.05) is 40.8 Å². The van der Waals surface area contributed by atoms with Gasteiger partial charge in [0.1, 0.15) is 5.75 Å². The van der Waals surface area contributed by atoms with Crippen LogP contribution < -0.4 is 10.1 Å². The Hall–Kier alpha value is -2.91. The Kier molecular flexibility index (Phi) is 8.68. The smallest absolute Gasteiger partial charge is 0.251 e. The second-order valence-electron chi connectivity index (χ2n) is 8.71. The third-order valence-electron chi connectivity index (χ3n) is 6.24. The van der Waals surface area contributed by atoms with Crippen LogP contribution in [0.2, 0.25) is 0 Å². The highest BCUT2D eigenvalue weighted by Crippen LogP contribution is 2.23. The van der Waals surface area contributed by atoms with E-state index in [2.05, 4.69) is 17.4 Å². The fourth-order valence-corrected chi connectivity index (χ4v) is 4.96. The molecule has 2 amide bonds. The molecule has 184 valence electrons. The zero-order valence-electron chi connectivity index (χ0n) is 20.0. The van der Waals surface area contributed by atoms with Gasteiger partial charge >= 0.3 is 0 Å². The molecule has 34 heavy (non-hydrogen) atoms. The molecule has 1 aliphatic rings. The highest BCUT2D eigenvalue weighted by Gasteiger charge is 2.23. The molecule has 8 nitrogen and oxygen atoms in total. The summed E-state index contributed by atoms with van der Waals surface area (Å²) in [7, 11) is 0.886. The highest BCUT2D eigenvalue weighted by molar-refractivity contribution is 7.89. The molecular weight excluding hydrogens is 454 g/mol. The normalized spacial score (nSPS) is 14.8. The Morgan fingerprint density at radius 2 is 1.76 bits per heavy atom. The van der Waals surface area contributed by atoms with Crippen LogP contribution in [-0.4, -0.2) is 70.3 Å². The van der Waals surface area contributed by atoms with Gasteiger partial charge in [-0.1, -0.05) is 18.2 Å². The molecule has 0 atom stereocenters. The van der Waals surface area contributed by atoms with Crippen LogP contribution in [0, 0.1) is 5.92 Å². The summed E-state index contributed by atoms with van der Waals surface area (Å²) < 4.78 is 30.9. The third-order valence-corrected chi connectivity index (χ3v) is 8.05. The molecule has 1 heterocycles. The molecule has 1 aliphatic heterocycles. The molecule has 9 heteroatoms. The zero-order valence-corrected chi connectivity index (χ0v) is 20.8. The molecule has 0 aromatic heterocycles. The topological polar surface area (TPSA) is 96.0 Å². The van der Waals surface area contributed by atoms with Crippen LogP contribution in [0.3, 0.4) is 0 Å². The van der Waals surface area contributed by atoms with Crippen LogP contribution in [0.5, 0.6) is 5.75 Å². The molecule has 2 aromatic rings. The van der Waals surface area contributed by atoms with Gasteiger partial charge in [-0.3, -0.25) is 9.59 Å². The predicted molar refractivity (Wildman–Crippen MR) is 130 cm³/mol. The first-order chi connectivity index (χ1) is 16.2. The van der Waals surface area contributed by atoms with E-state index in [1.807, 2.05) is 12.1 Å². The van der Waals surface area contributed by atoms with Crippen LogP contribution in [0.1, 0.15) is 35.2 Å². The maximum atomic E-state index is 12.6. The van der Waals surface area contributed by atoms with E-state index in [-0.39, 0.29) is 22.9 Å². The van der Waals surface area contributed by atoms with Crippen LogP contribution in [0.15, 0.2) is 53.4 Å². The summed E-state index contributed by atoms with van der Waals surface area (Å²) in [5.74, 6) is 0.827. The lowest BCUT2D eigenvalue weighted by molar-refractivity contribution is -0.131. The van der Waals surface area contributed by atoms with Gasteiger partial charge in [0.25, 0.3) is 5.91 Å². The van der Waals surface area contributed by atoms with Crippen molar-refractivity contribution in [2.45, 2.75) is 30.6 Å². The van der Waals surface area contributed by atoms with Crippen molar-refractivity contribution >= 4 is 21.8 Å². The number of likely N-dealkylation sites (tertiary alicyclic amines) is 1. The summed E-state index contributed by atoms with van der Waals surface area (Å²) in [5.41, 5.74) is 1.48. The first kappa shape index (κ1) is 25.7. The number of carbonyl (C=O) groups is 2. The van der Waals surface area contributed by atoms with Gasteiger partial charge in [0.2, 0.25) is 15.9 Å². The van der Waals surface area contributed by atoms with Crippen molar-refractivity contribution in [2.24, 2.45) is 5.92 Å². The van der Waals surface area contributed by atoms with Crippen molar-refractivity contribution < 1.29 is 22.7 Å². The Labute approximate surface area is 201 Å². The standard InChI is InChI=1S/C25H33N3O5S/c1-27(2)34(31,32)23-6-4-5-21(17-23)25(30)26-18-24(29)28-15-13-20(14-16-28)8-7-19-9-11-22(33-3)12-10-19/h4-6,9-12,17,20H,7-8,13-16,18H2,1-3H3,(H,26,30). The van der Waals surface area contributed by atoms with Gasteiger partial charge in [0.05, 0.1) is 18.6 Å². The molecule has 0 radical (unpaired) electrons. The molecule has 0 bridgehead atoms.